The van der Waals surface area contributed by atoms with E-state index in [0.717, 1.165) is 39.0 Å². The van der Waals surface area contributed by atoms with Gasteiger partial charge in [0.2, 0.25) is 5.91 Å². The number of nitrogens with two attached hydrogens (primary N) is 1. The SMILES string of the molecule is NC1CCN(CC(=O)NC2CCOC2)CC1. The molecular weight excluding hydrogens is 206 g/mol. The Balaban J connectivity index is 1.66. The number of ether oxygens (including phenoxy) is 1. The topological polar surface area (TPSA) is 67.6 Å². The van der Waals surface area contributed by atoms with Crippen LogP contribution in [-0.2, 0) is 9.53 Å². The molecule has 16 heavy (non-hydrogen) atoms. The van der Waals surface area contributed by atoms with Crippen molar-refractivity contribution in [2.45, 2.75) is 31.3 Å². The first-order valence-electron chi connectivity index (χ1n) is 6.09. The highest BCUT2D eigenvalue weighted by Crippen LogP contribution is 2.08. The van der Waals surface area contributed by atoms with Crippen LogP contribution in [0.2, 0.25) is 0 Å². The zero-order valence-electron chi connectivity index (χ0n) is 9.65. The second-order valence-electron chi connectivity index (χ2n) is 4.74. The Kier molecular flexibility index (Phi) is 4.15. The van der Waals surface area contributed by atoms with Crippen molar-refractivity contribution in [1.29, 1.82) is 0 Å². The molecule has 0 aromatic carbocycles. The molecule has 1 amide bonds. The van der Waals surface area contributed by atoms with E-state index in [-0.39, 0.29) is 11.9 Å². The van der Waals surface area contributed by atoms with E-state index in [0.29, 0.717) is 19.2 Å². The quantitative estimate of drug-likeness (QED) is 0.670. The number of nitrogens with one attached hydrogen (secondary N) is 1. The van der Waals surface area contributed by atoms with Crippen LogP contribution in [0, 0.1) is 0 Å². The van der Waals surface area contributed by atoms with Gasteiger partial charge in [0.25, 0.3) is 0 Å². The molecule has 1 unspecified atom stereocenters. The number of nitrogens with zero attached hydrogens (tertiary/aromatic N) is 1. The summed E-state index contributed by atoms with van der Waals surface area (Å²) in [5.41, 5.74) is 5.82. The van der Waals surface area contributed by atoms with Crippen molar-refractivity contribution in [2.24, 2.45) is 5.73 Å². The van der Waals surface area contributed by atoms with Crippen LogP contribution in [0.15, 0.2) is 0 Å². The maximum Gasteiger partial charge on any atom is 0.234 e. The molecule has 0 spiro atoms. The first-order valence-corrected chi connectivity index (χ1v) is 6.09. The Morgan fingerprint density at radius 1 is 1.38 bits per heavy atom. The fourth-order valence-electron chi connectivity index (χ4n) is 2.24. The van der Waals surface area contributed by atoms with Gasteiger partial charge in [-0.05, 0) is 19.3 Å². The Morgan fingerprint density at radius 2 is 2.12 bits per heavy atom. The summed E-state index contributed by atoms with van der Waals surface area (Å²) in [4.78, 5) is 13.9. The highest BCUT2D eigenvalue weighted by atomic mass is 16.5. The van der Waals surface area contributed by atoms with Gasteiger partial charge in [0.15, 0.2) is 0 Å². The van der Waals surface area contributed by atoms with Gasteiger partial charge in [-0.1, -0.05) is 0 Å². The van der Waals surface area contributed by atoms with Crippen molar-refractivity contribution in [3.8, 4) is 0 Å². The molecule has 1 atom stereocenters. The van der Waals surface area contributed by atoms with Crippen LogP contribution in [0.4, 0.5) is 0 Å². The van der Waals surface area contributed by atoms with Gasteiger partial charge in [0, 0.05) is 25.7 Å². The molecule has 0 saturated carbocycles. The molecule has 0 aromatic rings. The Morgan fingerprint density at radius 3 is 2.75 bits per heavy atom. The molecule has 2 rings (SSSR count). The van der Waals surface area contributed by atoms with Crippen molar-refractivity contribution in [2.75, 3.05) is 32.8 Å². The molecule has 2 heterocycles. The van der Waals surface area contributed by atoms with Crippen LogP contribution in [-0.4, -0.2) is 55.7 Å². The van der Waals surface area contributed by atoms with Crippen LogP contribution < -0.4 is 11.1 Å². The van der Waals surface area contributed by atoms with Crippen molar-refractivity contribution < 1.29 is 9.53 Å². The van der Waals surface area contributed by atoms with Crippen LogP contribution in [0.25, 0.3) is 0 Å². The molecular formula is C11H21N3O2. The van der Waals surface area contributed by atoms with Crippen LogP contribution in [0.3, 0.4) is 0 Å². The lowest BCUT2D eigenvalue weighted by molar-refractivity contribution is -0.123. The van der Waals surface area contributed by atoms with Crippen molar-refractivity contribution in [3.63, 3.8) is 0 Å². The van der Waals surface area contributed by atoms with Gasteiger partial charge < -0.3 is 15.8 Å². The van der Waals surface area contributed by atoms with E-state index >= 15 is 0 Å². The van der Waals surface area contributed by atoms with E-state index in [9.17, 15) is 4.79 Å². The number of hydrogen-bond acceptors (Lipinski definition) is 4. The summed E-state index contributed by atoms with van der Waals surface area (Å²) in [5, 5.41) is 3.00. The summed E-state index contributed by atoms with van der Waals surface area (Å²) in [5.74, 6) is 0.117. The zero-order valence-corrected chi connectivity index (χ0v) is 9.65. The second-order valence-corrected chi connectivity index (χ2v) is 4.74. The number of likely N-dealkylation sites (tertiary alicyclic amines) is 1. The molecule has 5 nitrogen and oxygen atoms in total. The maximum atomic E-state index is 11.7. The standard InChI is InChI=1S/C11H21N3O2/c12-9-1-4-14(5-2-9)7-11(15)13-10-3-6-16-8-10/h9-10H,1-8,12H2,(H,13,15). The van der Waals surface area contributed by atoms with Gasteiger partial charge in [0.1, 0.15) is 0 Å². The fourth-order valence-corrected chi connectivity index (χ4v) is 2.24. The van der Waals surface area contributed by atoms with Crippen LogP contribution >= 0.6 is 0 Å². The lowest BCUT2D eigenvalue weighted by atomic mass is 10.1. The highest BCUT2D eigenvalue weighted by Gasteiger charge is 2.21. The average Bonchev–Trinajstić information content (AvgIpc) is 2.74. The molecule has 0 bridgehead atoms. The minimum Gasteiger partial charge on any atom is -0.379 e. The average molecular weight is 227 g/mol. The Labute approximate surface area is 96.3 Å². The molecule has 92 valence electrons. The van der Waals surface area contributed by atoms with E-state index in [4.69, 9.17) is 10.5 Å². The van der Waals surface area contributed by atoms with Crippen LogP contribution in [0.1, 0.15) is 19.3 Å². The zero-order chi connectivity index (χ0) is 11.4. The van der Waals surface area contributed by atoms with Gasteiger partial charge in [-0.2, -0.15) is 0 Å². The summed E-state index contributed by atoms with van der Waals surface area (Å²) < 4.78 is 5.22. The first-order chi connectivity index (χ1) is 7.74. The van der Waals surface area contributed by atoms with E-state index in [1.54, 1.807) is 0 Å². The summed E-state index contributed by atoms with van der Waals surface area (Å²) in [7, 11) is 0. The summed E-state index contributed by atoms with van der Waals surface area (Å²) >= 11 is 0. The normalized spacial score (nSPS) is 28.2. The van der Waals surface area contributed by atoms with E-state index in [2.05, 4.69) is 10.2 Å². The van der Waals surface area contributed by atoms with Gasteiger partial charge in [-0.3, -0.25) is 9.69 Å². The smallest absolute Gasteiger partial charge is 0.234 e. The predicted octanol–water partition coefficient (Wildman–Crippen LogP) is -0.685. The van der Waals surface area contributed by atoms with Gasteiger partial charge in [-0.25, -0.2) is 0 Å². The summed E-state index contributed by atoms with van der Waals surface area (Å²) in [6.45, 7) is 3.81. The summed E-state index contributed by atoms with van der Waals surface area (Å²) in [6.07, 6.45) is 2.94. The third-order valence-corrected chi connectivity index (χ3v) is 3.29. The van der Waals surface area contributed by atoms with E-state index in [1.807, 2.05) is 0 Å². The molecule has 3 N–H and O–H groups in total. The molecule has 5 heteroatoms. The predicted molar refractivity (Wildman–Crippen MR) is 61.0 cm³/mol. The van der Waals surface area contributed by atoms with Gasteiger partial charge >= 0.3 is 0 Å². The van der Waals surface area contributed by atoms with Gasteiger partial charge in [-0.15, -0.1) is 0 Å². The fraction of sp³-hybridized carbons (Fsp3) is 0.909. The van der Waals surface area contributed by atoms with Gasteiger partial charge in [0.05, 0.1) is 19.2 Å². The highest BCUT2D eigenvalue weighted by molar-refractivity contribution is 5.78. The molecule has 2 saturated heterocycles. The minimum atomic E-state index is 0.117. The third-order valence-electron chi connectivity index (χ3n) is 3.29. The number of hydrogen-bond donors (Lipinski definition) is 2. The number of amides is 1. The number of carbonyl (C=O) groups is 1. The number of rotatable bonds is 3. The molecule has 0 radical (unpaired) electrons. The van der Waals surface area contributed by atoms with Crippen molar-refractivity contribution >= 4 is 5.91 Å². The Bertz CT molecular complexity index is 233. The number of carbonyl (C=O) groups excluding carboxylic acids is 1. The molecule has 0 aliphatic carbocycles. The third kappa shape index (κ3) is 3.43. The van der Waals surface area contributed by atoms with E-state index < -0.39 is 0 Å². The lowest BCUT2D eigenvalue weighted by Crippen LogP contribution is -2.46. The molecule has 2 fully saturated rings. The maximum absolute atomic E-state index is 11.7. The largest absolute Gasteiger partial charge is 0.379 e. The lowest BCUT2D eigenvalue weighted by Gasteiger charge is -2.29. The monoisotopic (exact) mass is 227 g/mol. The van der Waals surface area contributed by atoms with Crippen molar-refractivity contribution in [3.05, 3.63) is 0 Å². The second kappa shape index (κ2) is 5.61. The summed E-state index contributed by atoms with van der Waals surface area (Å²) in [6, 6.07) is 0.544. The minimum absolute atomic E-state index is 0.117. The van der Waals surface area contributed by atoms with E-state index in [1.165, 1.54) is 0 Å². The molecule has 2 aliphatic rings. The molecule has 2 aliphatic heterocycles. The molecule has 0 aromatic heterocycles. The first kappa shape index (κ1) is 11.8. The Hall–Kier alpha value is -0.650. The number of piperidine rings is 1. The van der Waals surface area contributed by atoms with Crippen molar-refractivity contribution in [1.82, 2.24) is 10.2 Å². The van der Waals surface area contributed by atoms with Crippen LogP contribution in [0.5, 0.6) is 0 Å².